The number of aliphatic hydroxyl groups excluding tert-OH is 1. The van der Waals surface area contributed by atoms with E-state index >= 15 is 0 Å². The zero-order valence-corrected chi connectivity index (χ0v) is 29.5. The van der Waals surface area contributed by atoms with Crippen LogP contribution in [0.3, 0.4) is 0 Å². The van der Waals surface area contributed by atoms with Gasteiger partial charge in [0.2, 0.25) is 5.91 Å². The first kappa shape index (κ1) is 40.3. The van der Waals surface area contributed by atoms with Gasteiger partial charge in [0.25, 0.3) is 0 Å². The maximum Gasteiger partial charge on any atom is 0.303 e. The van der Waals surface area contributed by atoms with E-state index in [1.165, 1.54) is 6.92 Å². The summed E-state index contributed by atoms with van der Waals surface area (Å²) in [5, 5.41) is 27.6. The van der Waals surface area contributed by atoms with Gasteiger partial charge in [0.05, 0.1) is 19.8 Å². The lowest BCUT2D eigenvalue weighted by molar-refractivity contribution is -0.359. The first-order valence-corrected chi connectivity index (χ1v) is 16.6. The molecular formula is C36H45NO15. The molecule has 10 atom stereocenters. The lowest BCUT2D eigenvalue weighted by Gasteiger charge is -2.56. The molecule has 0 radical (unpaired) electrons. The van der Waals surface area contributed by atoms with Gasteiger partial charge < -0.3 is 53.4 Å². The molecule has 4 rings (SSSR count). The quantitative estimate of drug-likeness (QED) is 0.182. The minimum absolute atomic E-state index is 0.0244. The number of hydrogen-bond acceptors (Lipinski definition) is 15. The lowest BCUT2D eigenvalue weighted by Crippen LogP contribution is -2.79. The first-order chi connectivity index (χ1) is 24.7. The summed E-state index contributed by atoms with van der Waals surface area (Å²) in [4.78, 5) is 61.8. The molecule has 0 aliphatic carbocycles. The smallest absolute Gasteiger partial charge is 0.303 e. The molecule has 2 aromatic rings. The van der Waals surface area contributed by atoms with Crippen molar-refractivity contribution in [3.05, 3.63) is 71.8 Å². The fourth-order valence-corrected chi connectivity index (χ4v) is 6.24. The molecule has 0 unspecified atom stereocenters. The highest BCUT2D eigenvalue weighted by Crippen LogP contribution is 2.42. The second kappa shape index (κ2) is 18.3. The zero-order chi connectivity index (χ0) is 38.0. The molecule has 2 saturated heterocycles. The van der Waals surface area contributed by atoms with Gasteiger partial charge in [0.1, 0.15) is 37.1 Å². The first-order valence-electron chi connectivity index (χ1n) is 16.6. The van der Waals surface area contributed by atoms with Gasteiger partial charge in [-0.2, -0.15) is 0 Å². The Hall–Kier alpha value is -4.45. The number of carbonyl (C=O) groups excluding carboxylic acids is 5. The molecule has 16 nitrogen and oxygen atoms in total. The van der Waals surface area contributed by atoms with Gasteiger partial charge in [0.15, 0.2) is 30.2 Å². The molecule has 284 valence electrons. The summed E-state index contributed by atoms with van der Waals surface area (Å²) in [6.07, 6.45) is -13.3. The van der Waals surface area contributed by atoms with E-state index in [1.54, 1.807) is 48.5 Å². The van der Waals surface area contributed by atoms with Crippen molar-refractivity contribution in [2.75, 3.05) is 13.2 Å². The summed E-state index contributed by atoms with van der Waals surface area (Å²) in [6, 6.07) is 16.6. The number of benzene rings is 2. The number of hydrogen-bond donors (Lipinski definition) is 3. The Bertz CT molecular complexity index is 1520. The van der Waals surface area contributed by atoms with Crippen molar-refractivity contribution in [3.63, 3.8) is 0 Å². The number of rotatable bonds is 14. The molecule has 2 fully saturated rings. The maximum atomic E-state index is 12.9. The number of ether oxygens (including phenoxy) is 8. The van der Waals surface area contributed by atoms with Crippen LogP contribution in [0.25, 0.3) is 0 Å². The second-order valence-corrected chi connectivity index (χ2v) is 12.5. The SMILES string of the molecule is CC(=O)N[C@H]1[C@@H](OCc2ccccc2)O[C@H](COCc2ccccc2)[C@](O)([C@H]2O[C@@H](COC(C)=O)[C@@H](OC(C)=O)[C@@H](OC(C)=O)[C@@H]2OC(C)=O)[C@@H]1O. The fourth-order valence-electron chi connectivity index (χ4n) is 6.24. The van der Waals surface area contributed by atoms with Crippen LogP contribution in [0.2, 0.25) is 0 Å². The van der Waals surface area contributed by atoms with Gasteiger partial charge in [-0.3, -0.25) is 24.0 Å². The van der Waals surface area contributed by atoms with Crippen molar-refractivity contribution in [1.29, 1.82) is 0 Å². The van der Waals surface area contributed by atoms with Crippen LogP contribution in [-0.4, -0.2) is 114 Å². The Labute approximate surface area is 300 Å². The van der Waals surface area contributed by atoms with E-state index in [9.17, 15) is 34.2 Å². The van der Waals surface area contributed by atoms with Crippen LogP contribution in [0.15, 0.2) is 60.7 Å². The monoisotopic (exact) mass is 731 g/mol. The fraction of sp³-hybridized carbons (Fsp3) is 0.528. The van der Waals surface area contributed by atoms with E-state index < -0.39 is 104 Å². The van der Waals surface area contributed by atoms with Crippen LogP contribution in [0.4, 0.5) is 0 Å². The molecule has 3 N–H and O–H groups in total. The molecule has 1 amide bonds. The Balaban J connectivity index is 1.83. The normalized spacial score (nSPS) is 30.0. The van der Waals surface area contributed by atoms with Gasteiger partial charge in [-0.25, -0.2) is 0 Å². The van der Waals surface area contributed by atoms with E-state index in [2.05, 4.69) is 5.32 Å². The van der Waals surface area contributed by atoms with Gasteiger partial charge in [-0.15, -0.1) is 0 Å². The summed E-state index contributed by atoms with van der Waals surface area (Å²) in [7, 11) is 0. The molecule has 2 aromatic carbocycles. The molecule has 0 bridgehead atoms. The number of esters is 4. The van der Waals surface area contributed by atoms with Crippen LogP contribution in [0, 0.1) is 0 Å². The number of aliphatic hydroxyl groups is 2. The van der Waals surface area contributed by atoms with Crippen LogP contribution in [0.1, 0.15) is 45.7 Å². The molecule has 16 heteroatoms. The minimum atomic E-state index is -2.68. The Morgan fingerprint density at radius 2 is 1.25 bits per heavy atom. The van der Waals surface area contributed by atoms with E-state index in [1.807, 2.05) is 12.1 Å². The molecule has 0 spiro atoms. The van der Waals surface area contributed by atoms with Crippen molar-refractivity contribution >= 4 is 29.8 Å². The van der Waals surface area contributed by atoms with E-state index in [4.69, 9.17) is 37.9 Å². The highest BCUT2D eigenvalue weighted by atomic mass is 16.7. The van der Waals surface area contributed by atoms with E-state index in [0.29, 0.717) is 0 Å². The number of amides is 1. The summed E-state index contributed by atoms with van der Waals surface area (Å²) in [5.41, 5.74) is -1.17. The van der Waals surface area contributed by atoms with Gasteiger partial charge in [0, 0.05) is 34.6 Å². The third-order valence-corrected chi connectivity index (χ3v) is 8.38. The number of carbonyl (C=O) groups is 5. The predicted octanol–water partition coefficient (Wildman–Crippen LogP) is 0.867. The summed E-state index contributed by atoms with van der Waals surface area (Å²) in [5.74, 6) is -4.04. The van der Waals surface area contributed by atoms with Crippen molar-refractivity contribution < 1.29 is 72.1 Å². The Kier molecular flexibility index (Phi) is 14.2. The lowest BCUT2D eigenvalue weighted by atomic mass is 9.74. The van der Waals surface area contributed by atoms with Crippen LogP contribution in [-0.2, 0) is 75.1 Å². The minimum Gasteiger partial charge on any atom is -0.463 e. The maximum absolute atomic E-state index is 12.9. The molecular weight excluding hydrogens is 686 g/mol. The summed E-state index contributed by atoms with van der Waals surface area (Å²) in [6.45, 7) is 4.47. The molecule has 0 aromatic heterocycles. The van der Waals surface area contributed by atoms with Crippen LogP contribution >= 0.6 is 0 Å². The molecule has 0 saturated carbocycles. The standard InChI is InChI=1S/C36H45NO15/c1-20(38)37-29-33(43)36(44,28(19-45-16-25-12-8-6-9-13-25)52-35(29)47-17-26-14-10-7-11-15-26)34-32(50-24(5)42)31(49-23(4)41)30(48-22(3)40)27(51-34)18-46-21(2)39/h6-15,27-35,43-44H,16-19H2,1-5H3,(H,37,38)/t27-,28+,29+,30+,31+,32-,33+,34-,35-,36+/m0/s1. The van der Waals surface area contributed by atoms with Crippen molar-refractivity contribution in [3.8, 4) is 0 Å². The number of nitrogens with one attached hydrogen (secondary N) is 1. The molecule has 2 aliphatic heterocycles. The molecule has 2 heterocycles. The summed E-state index contributed by atoms with van der Waals surface area (Å²) < 4.78 is 46.5. The van der Waals surface area contributed by atoms with Gasteiger partial charge in [-0.05, 0) is 11.1 Å². The van der Waals surface area contributed by atoms with Crippen LogP contribution < -0.4 is 5.32 Å². The van der Waals surface area contributed by atoms with Crippen molar-refractivity contribution in [1.82, 2.24) is 5.32 Å². The topological polar surface area (TPSA) is 212 Å². The Morgan fingerprint density at radius 3 is 1.79 bits per heavy atom. The van der Waals surface area contributed by atoms with E-state index in [0.717, 1.165) is 38.8 Å². The Morgan fingerprint density at radius 1 is 0.712 bits per heavy atom. The van der Waals surface area contributed by atoms with Crippen LogP contribution in [0.5, 0.6) is 0 Å². The summed E-state index contributed by atoms with van der Waals surface area (Å²) >= 11 is 0. The average Bonchev–Trinajstić information content (AvgIpc) is 3.08. The molecule has 52 heavy (non-hydrogen) atoms. The highest BCUT2D eigenvalue weighted by molar-refractivity contribution is 5.73. The van der Waals surface area contributed by atoms with Crippen molar-refractivity contribution in [2.24, 2.45) is 0 Å². The second-order valence-electron chi connectivity index (χ2n) is 12.5. The van der Waals surface area contributed by atoms with Gasteiger partial charge >= 0.3 is 23.9 Å². The third kappa shape index (κ3) is 10.3. The van der Waals surface area contributed by atoms with Gasteiger partial charge in [-0.1, -0.05) is 60.7 Å². The average molecular weight is 732 g/mol. The highest BCUT2D eigenvalue weighted by Gasteiger charge is 2.67. The zero-order valence-electron chi connectivity index (χ0n) is 29.5. The van der Waals surface area contributed by atoms with Crippen molar-refractivity contribution in [2.45, 2.75) is 108 Å². The molecule has 2 aliphatic rings. The van der Waals surface area contributed by atoms with E-state index in [-0.39, 0.29) is 13.2 Å². The predicted molar refractivity (Wildman–Crippen MR) is 177 cm³/mol. The third-order valence-electron chi connectivity index (χ3n) is 8.38. The largest absolute Gasteiger partial charge is 0.463 e.